The molecule has 1 aromatic heterocycles. The summed E-state index contributed by atoms with van der Waals surface area (Å²) in [5, 5.41) is 4.59. The standard InChI is InChI=1S/C23H24N2O5S2/c1-4-25(5-2)32(28,29)19-13-8-16(3)20(15-19)23(27)30-18-11-9-17(10-12-18)24-22(26)21-7-6-14-31-21/h6-15H,4-5H2,1-3H3,(H,24,26). The number of aryl methyl sites for hydroxylation is 1. The van der Waals surface area contributed by atoms with Crippen molar-refractivity contribution in [1.29, 1.82) is 0 Å². The van der Waals surface area contributed by atoms with Crippen LogP contribution in [0, 0.1) is 6.92 Å². The number of anilines is 1. The van der Waals surface area contributed by atoms with Gasteiger partial charge in [0.2, 0.25) is 10.0 Å². The molecule has 9 heteroatoms. The molecule has 0 fully saturated rings. The predicted octanol–water partition coefficient (Wildman–Crippen LogP) is 4.56. The van der Waals surface area contributed by atoms with Crippen LogP contribution in [-0.2, 0) is 10.0 Å². The summed E-state index contributed by atoms with van der Waals surface area (Å²) in [7, 11) is -3.70. The zero-order valence-corrected chi connectivity index (χ0v) is 19.6. The second kappa shape index (κ2) is 10.1. The van der Waals surface area contributed by atoms with Gasteiger partial charge in [-0.05, 0) is 60.3 Å². The SMILES string of the molecule is CCN(CC)S(=O)(=O)c1ccc(C)c(C(=O)Oc2ccc(NC(=O)c3cccs3)cc2)c1. The number of rotatable bonds is 8. The van der Waals surface area contributed by atoms with Crippen molar-refractivity contribution in [3.05, 3.63) is 76.0 Å². The second-order valence-electron chi connectivity index (χ2n) is 6.91. The minimum Gasteiger partial charge on any atom is -0.423 e. The van der Waals surface area contributed by atoms with Crippen LogP contribution in [0.25, 0.3) is 0 Å². The number of thiophene rings is 1. The van der Waals surface area contributed by atoms with E-state index < -0.39 is 16.0 Å². The van der Waals surface area contributed by atoms with Crippen LogP contribution >= 0.6 is 11.3 Å². The molecule has 7 nitrogen and oxygen atoms in total. The summed E-state index contributed by atoms with van der Waals surface area (Å²) in [5.41, 5.74) is 1.34. The molecule has 3 rings (SSSR count). The highest BCUT2D eigenvalue weighted by Gasteiger charge is 2.24. The van der Waals surface area contributed by atoms with Gasteiger partial charge in [0.1, 0.15) is 5.75 Å². The molecule has 1 amide bonds. The van der Waals surface area contributed by atoms with Gasteiger partial charge < -0.3 is 10.1 Å². The van der Waals surface area contributed by atoms with Gasteiger partial charge in [0, 0.05) is 18.8 Å². The number of sulfonamides is 1. The number of amides is 1. The number of nitrogens with zero attached hydrogens (tertiary/aromatic N) is 1. The Hall–Kier alpha value is -3.01. The van der Waals surface area contributed by atoms with Crippen LogP contribution in [0.15, 0.2) is 64.9 Å². The molecule has 2 aromatic carbocycles. The van der Waals surface area contributed by atoms with Crippen molar-refractivity contribution in [1.82, 2.24) is 4.31 Å². The van der Waals surface area contributed by atoms with Crippen molar-refractivity contribution >= 4 is 38.9 Å². The van der Waals surface area contributed by atoms with Crippen LogP contribution in [0.3, 0.4) is 0 Å². The molecule has 0 unspecified atom stereocenters. The van der Waals surface area contributed by atoms with Gasteiger partial charge in [0.15, 0.2) is 0 Å². The summed E-state index contributed by atoms with van der Waals surface area (Å²) in [6.07, 6.45) is 0. The first-order chi connectivity index (χ1) is 15.3. The highest BCUT2D eigenvalue weighted by atomic mass is 32.2. The molecule has 0 atom stereocenters. The van der Waals surface area contributed by atoms with Gasteiger partial charge in [-0.1, -0.05) is 26.0 Å². The normalized spacial score (nSPS) is 11.4. The van der Waals surface area contributed by atoms with Gasteiger partial charge >= 0.3 is 5.97 Å². The van der Waals surface area contributed by atoms with Crippen LogP contribution in [-0.4, -0.2) is 37.7 Å². The maximum Gasteiger partial charge on any atom is 0.343 e. The number of carbonyl (C=O) groups is 2. The molecule has 0 aliphatic heterocycles. The fourth-order valence-electron chi connectivity index (χ4n) is 3.06. The van der Waals surface area contributed by atoms with Gasteiger partial charge in [-0.25, -0.2) is 13.2 Å². The minimum atomic E-state index is -3.70. The average Bonchev–Trinajstić information content (AvgIpc) is 3.31. The Kier molecular flexibility index (Phi) is 7.44. The van der Waals surface area contributed by atoms with Gasteiger partial charge in [-0.2, -0.15) is 4.31 Å². The second-order valence-corrected chi connectivity index (χ2v) is 9.80. The molecule has 3 aromatic rings. The highest BCUT2D eigenvalue weighted by molar-refractivity contribution is 7.89. The van der Waals surface area contributed by atoms with E-state index in [2.05, 4.69) is 5.32 Å². The maximum atomic E-state index is 12.8. The summed E-state index contributed by atoms with van der Waals surface area (Å²) in [6.45, 7) is 5.91. The fraction of sp³-hybridized carbons (Fsp3) is 0.217. The molecule has 32 heavy (non-hydrogen) atoms. The van der Waals surface area contributed by atoms with E-state index in [-0.39, 0.29) is 22.1 Å². The molecular weight excluding hydrogens is 448 g/mol. The first-order valence-corrected chi connectivity index (χ1v) is 12.4. The zero-order chi connectivity index (χ0) is 23.3. The zero-order valence-electron chi connectivity index (χ0n) is 18.0. The smallest absolute Gasteiger partial charge is 0.343 e. The third-order valence-electron chi connectivity index (χ3n) is 4.84. The maximum absolute atomic E-state index is 12.8. The van der Waals surface area contributed by atoms with Gasteiger partial charge in [-0.15, -0.1) is 11.3 Å². The number of esters is 1. The van der Waals surface area contributed by atoms with Crippen LogP contribution < -0.4 is 10.1 Å². The van der Waals surface area contributed by atoms with Crippen molar-refractivity contribution < 1.29 is 22.7 Å². The molecule has 0 aliphatic carbocycles. The Morgan fingerprint density at radius 3 is 2.31 bits per heavy atom. The first-order valence-electron chi connectivity index (χ1n) is 10.0. The number of nitrogens with one attached hydrogen (secondary N) is 1. The molecule has 1 heterocycles. The van der Waals surface area contributed by atoms with E-state index in [1.54, 1.807) is 63.2 Å². The van der Waals surface area contributed by atoms with Crippen LogP contribution in [0.1, 0.15) is 39.4 Å². The van der Waals surface area contributed by atoms with E-state index in [0.717, 1.165) is 0 Å². The Bertz CT molecular complexity index is 1200. The Balaban J connectivity index is 1.75. The van der Waals surface area contributed by atoms with Crippen LogP contribution in [0.5, 0.6) is 5.75 Å². The van der Waals surface area contributed by atoms with E-state index in [0.29, 0.717) is 29.2 Å². The van der Waals surface area contributed by atoms with E-state index in [4.69, 9.17) is 4.74 Å². The van der Waals surface area contributed by atoms with Crippen molar-refractivity contribution in [2.75, 3.05) is 18.4 Å². The number of carbonyl (C=O) groups excluding carboxylic acids is 2. The molecule has 0 saturated heterocycles. The van der Waals surface area contributed by atoms with Crippen LogP contribution in [0.2, 0.25) is 0 Å². The lowest BCUT2D eigenvalue weighted by molar-refractivity contribution is 0.0733. The van der Waals surface area contributed by atoms with Gasteiger partial charge in [0.25, 0.3) is 5.91 Å². The summed E-state index contributed by atoms with van der Waals surface area (Å²) in [6, 6.07) is 14.3. The lowest BCUT2D eigenvalue weighted by atomic mass is 10.1. The van der Waals surface area contributed by atoms with Gasteiger partial charge in [0.05, 0.1) is 15.3 Å². The van der Waals surface area contributed by atoms with E-state index in [1.165, 1.54) is 27.8 Å². The summed E-state index contributed by atoms with van der Waals surface area (Å²) in [4.78, 5) is 25.5. The van der Waals surface area contributed by atoms with Crippen LogP contribution in [0.4, 0.5) is 5.69 Å². The number of benzene rings is 2. The van der Waals surface area contributed by atoms with Crippen molar-refractivity contribution in [3.8, 4) is 5.75 Å². The molecular formula is C23H24N2O5S2. The predicted molar refractivity (Wildman–Crippen MR) is 125 cm³/mol. The lowest BCUT2D eigenvalue weighted by Crippen LogP contribution is -2.30. The molecule has 0 aliphatic rings. The average molecular weight is 473 g/mol. The third-order valence-corrected chi connectivity index (χ3v) is 7.75. The Labute approximate surface area is 191 Å². The van der Waals surface area contributed by atoms with E-state index in [1.807, 2.05) is 5.38 Å². The number of hydrogen-bond donors (Lipinski definition) is 1. The third kappa shape index (κ3) is 5.24. The fourth-order valence-corrected chi connectivity index (χ4v) is 5.17. The number of hydrogen-bond acceptors (Lipinski definition) is 6. The van der Waals surface area contributed by atoms with Crippen molar-refractivity contribution in [2.45, 2.75) is 25.7 Å². The molecule has 0 saturated carbocycles. The Morgan fingerprint density at radius 2 is 1.72 bits per heavy atom. The monoisotopic (exact) mass is 472 g/mol. The minimum absolute atomic E-state index is 0.0467. The summed E-state index contributed by atoms with van der Waals surface area (Å²) < 4.78 is 32.3. The van der Waals surface area contributed by atoms with Gasteiger partial charge in [-0.3, -0.25) is 4.79 Å². The molecule has 1 N–H and O–H groups in total. The molecule has 0 radical (unpaired) electrons. The van der Waals surface area contributed by atoms with Crippen molar-refractivity contribution in [2.24, 2.45) is 0 Å². The lowest BCUT2D eigenvalue weighted by Gasteiger charge is -2.19. The molecule has 168 valence electrons. The molecule has 0 spiro atoms. The van der Waals surface area contributed by atoms with Crippen molar-refractivity contribution in [3.63, 3.8) is 0 Å². The topological polar surface area (TPSA) is 92.8 Å². The largest absolute Gasteiger partial charge is 0.423 e. The summed E-state index contributed by atoms with van der Waals surface area (Å²) in [5.74, 6) is -0.596. The Morgan fingerprint density at radius 1 is 1.03 bits per heavy atom. The number of ether oxygens (including phenoxy) is 1. The molecule has 0 bridgehead atoms. The summed E-state index contributed by atoms with van der Waals surface area (Å²) >= 11 is 1.34. The highest BCUT2D eigenvalue weighted by Crippen LogP contribution is 2.23. The van der Waals surface area contributed by atoms with E-state index >= 15 is 0 Å². The van der Waals surface area contributed by atoms with E-state index in [9.17, 15) is 18.0 Å². The first kappa shape index (κ1) is 23.6. The quantitative estimate of drug-likeness (QED) is 0.383.